The van der Waals surface area contributed by atoms with E-state index in [1.54, 1.807) is 12.1 Å². The lowest BCUT2D eigenvalue weighted by molar-refractivity contribution is 0.618. The Morgan fingerprint density at radius 3 is 2.90 bits per heavy atom. The standard InChI is InChI=1S/C15H14FN3S/c1-9-2-5-13-14(6-9)19-15(18-13)20-8-10-3-4-11(17)7-12(10)16/h2-7H,8,17H2,1H3,(H,18,19). The molecule has 0 unspecified atom stereocenters. The molecule has 5 heteroatoms. The molecular formula is C15H14FN3S. The molecule has 1 aromatic heterocycles. The molecule has 2 aromatic carbocycles. The highest BCUT2D eigenvalue weighted by Gasteiger charge is 2.07. The molecule has 20 heavy (non-hydrogen) atoms. The number of benzene rings is 2. The van der Waals surface area contributed by atoms with Crippen molar-refractivity contribution >= 4 is 28.5 Å². The van der Waals surface area contributed by atoms with Crippen LogP contribution in [0.25, 0.3) is 11.0 Å². The van der Waals surface area contributed by atoms with Crippen LogP contribution in [0.2, 0.25) is 0 Å². The molecule has 0 spiro atoms. The molecule has 3 N–H and O–H groups in total. The quantitative estimate of drug-likeness (QED) is 0.567. The number of halogens is 1. The largest absolute Gasteiger partial charge is 0.399 e. The lowest BCUT2D eigenvalue weighted by Gasteiger charge is -2.02. The zero-order valence-corrected chi connectivity index (χ0v) is 11.8. The number of imidazole rings is 1. The summed E-state index contributed by atoms with van der Waals surface area (Å²) in [7, 11) is 0. The van der Waals surface area contributed by atoms with Crippen LogP contribution in [0.3, 0.4) is 0 Å². The molecule has 0 amide bonds. The van der Waals surface area contributed by atoms with Crippen molar-refractivity contribution in [3.8, 4) is 0 Å². The number of rotatable bonds is 3. The average Bonchev–Trinajstić information content (AvgIpc) is 2.79. The third-order valence-electron chi connectivity index (χ3n) is 3.06. The topological polar surface area (TPSA) is 54.7 Å². The van der Waals surface area contributed by atoms with Crippen molar-refractivity contribution in [1.82, 2.24) is 9.97 Å². The van der Waals surface area contributed by atoms with Crippen LogP contribution in [0.1, 0.15) is 11.1 Å². The van der Waals surface area contributed by atoms with E-state index in [9.17, 15) is 4.39 Å². The lowest BCUT2D eigenvalue weighted by atomic mass is 10.2. The number of aromatic nitrogens is 2. The Morgan fingerprint density at radius 2 is 2.10 bits per heavy atom. The molecular weight excluding hydrogens is 273 g/mol. The van der Waals surface area contributed by atoms with E-state index >= 15 is 0 Å². The van der Waals surface area contributed by atoms with Crippen molar-refractivity contribution in [3.63, 3.8) is 0 Å². The number of thioether (sulfide) groups is 1. The van der Waals surface area contributed by atoms with E-state index in [-0.39, 0.29) is 5.82 Å². The number of aryl methyl sites for hydroxylation is 1. The van der Waals surface area contributed by atoms with E-state index in [2.05, 4.69) is 16.0 Å². The first kappa shape index (κ1) is 13.0. The molecule has 0 fully saturated rings. The maximum absolute atomic E-state index is 13.7. The predicted octanol–water partition coefficient (Wildman–Crippen LogP) is 3.88. The van der Waals surface area contributed by atoms with Gasteiger partial charge in [0.15, 0.2) is 5.16 Å². The Morgan fingerprint density at radius 1 is 1.25 bits per heavy atom. The second-order valence-corrected chi connectivity index (χ2v) is 5.67. The van der Waals surface area contributed by atoms with Gasteiger partial charge >= 0.3 is 0 Å². The molecule has 0 aliphatic carbocycles. The summed E-state index contributed by atoms with van der Waals surface area (Å²) in [6, 6.07) is 10.8. The Labute approximate surface area is 120 Å². The predicted molar refractivity (Wildman–Crippen MR) is 81.2 cm³/mol. The van der Waals surface area contributed by atoms with Crippen molar-refractivity contribution in [2.45, 2.75) is 17.8 Å². The summed E-state index contributed by atoms with van der Waals surface area (Å²) in [5.74, 6) is 0.245. The third-order valence-corrected chi connectivity index (χ3v) is 3.98. The minimum atomic E-state index is -0.274. The van der Waals surface area contributed by atoms with Gasteiger partial charge in [-0.3, -0.25) is 0 Å². The zero-order valence-electron chi connectivity index (χ0n) is 11.0. The molecule has 0 bridgehead atoms. The Kier molecular flexibility index (Phi) is 3.36. The van der Waals surface area contributed by atoms with Crippen LogP contribution in [0.4, 0.5) is 10.1 Å². The van der Waals surface area contributed by atoms with Crippen LogP contribution in [0, 0.1) is 12.7 Å². The summed E-state index contributed by atoms with van der Waals surface area (Å²) in [6.45, 7) is 2.04. The number of fused-ring (bicyclic) bond motifs is 1. The van der Waals surface area contributed by atoms with Crippen molar-refractivity contribution in [3.05, 3.63) is 53.3 Å². The first-order valence-corrected chi connectivity index (χ1v) is 7.23. The van der Waals surface area contributed by atoms with Gasteiger partial charge in [-0.1, -0.05) is 23.9 Å². The van der Waals surface area contributed by atoms with E-state index in [0.717, 1.165) is 16.2 Å². The van der Waals surface area contributed by atoms with Crippen molar-refractivity contribution < 1.29 is 4.39 Å². The number of H-pyrrole nitrogens is 1. The summed E-state index contributed by atoms with van der Waals surface area (Å²) < 4.78 is 13.7. The van der Waals surface area contributed by atoms with Crippen LogP contribution in [0.15, 0.2) is 41.6 Å². The fraction of sp³-hybridized carbons (Fsp3) is 0.133. The summed E-state index contributed by atoms with van der Waals surface area (Å²) in [4.78, 5) is 7.72. The van der Waals surface area contributed by atoms with E-state index in [0.29, 0.717) is 17.0 Å². The summed E-state index contributed by atoms with van der Waals surface area (Å²) in [6.07, 6.45) is 0. The molecule has 0 saturated heterocycles. The van der Waals surface area contributed by atoms with Gasteiger partial charge in [-0.15, -0.1) is 0 Å². The van der Waals surface area contributed by atoms with Crippen LogP contribution in [-0.2, 0) is 5.75 Å². The first-order chi connectivity index (χ1) is 9.61. The first-order valence-electron chi connectivity index (χ1n) is 6.25. The highest BCUT2D eigenvalue weighted by atomic mass is 32.2. The number of hydrogen-bond acceptors (Lipinski definition) is 3. The zero-order chi connectivity index (χ0) is 14.1. The third kappa shape index (κ3) is 2.63. The van der Waals surface area contributed by atoms with E-state index in [1.165, 1.54) is 23.4 Å². The van der Waals surface area contributed by atoms with Crippen LogP contribution >= 0.6 is 11.8 Å². The Bertz CT molecular complexity index is 767. The maximum atomic E-state index is 13.7. The van der Waals surface area contributed by atoms with Crippen molar-refractivity contribution in [1.29, 1.82) is 0 Å². The minimum absolute atomic E-state index is 0.274. The second kappa shape index (κ2) is 5.17. The molecule has 3 rings (SSSR count). The average molecular weight is 287 g/mol. The van der Waals surface area contributed by atoms with Crippen LogP contribution in [-0.4, -0.2) is 9.97 Å². The van der Waals surface area contributed by atoms with Crippen LogP contribution in [0.5, 0.6) is 0 Å². The molecule has 0 radical (unpaired) electrons. The molecule has 102 valence electrons. The number of nitrogen functional groups attached to an aromatic ring is 1. The number of aromatic amines is 1. The molecule has 0 aliphatic rings. The highest BCUT2D eigenvalue weighted by Crippen LogP contribution is 2.25. The molecule has 3 nitrogen and oxygen atoms in total. The maximum Gasteiger partial charge on any atom is 0.166 e. The fourth-order valence-electron chi connectivity index (χ4n) is 2.00. The van der Waals surface area contributed by atoms with Gasteiger partial charge in [0.25, 0.3) is 0 Å². The van der Waals surface area contributed by atoms with Gasteiger partial charge in [-0.05, 0) is 42.3 Å². The minimum Gasteiger partial charge on any atom is -0.399 e. The molecule has 0 aliphatic heterocycles. The number of nitrogens with two attached hydrogens (primary N) is 1. The Hall–Kier alpha value is -2.01. The summed E-state index contributed by atoms with van der Waals surface area (Å²) in [5, 5.41) is 0.793. The number of hydrogen-bond donors (Lipinski definition) is 2. The van der Waals surface area contributed by atoms with Gasteiger partial charge in [0.2, 0.25) is 0 Å². The van der Waals surface area contributed by atoms with Gasteiger partial charge in [-0.25, -0.2) is 9.37 Å². The highest BCUT2D eigenvalue weighted by molar-refractivity contribution is 7.98. The van der Waals surface area contributed by atoms with Crippen molar-refractivity contribution in [2.75, 3.05) is 5.73 Å². The molecule has 0 saturated carbocycles. The SMILES string of the molecule is Cc1ccc2nc(SCc3ccc(N)cc3F)[nH]c2c1. The number of nitrogens with zero attached hydrogens (tertiary/aromatic N) is 1. The second-order valence-electron chi connectivity index (χ2n) is 4.70. The normalized spacial score (nSPS) is 11.1. The number of anilines is 1. The summed E-state index contributed by atoms with van der Waals surface area (Å²) >= 11 is 1.48. The fourth-order valence-corrected chi connectivity index (χ4v) is 2.87. The smallest absolute Gasteiger partial charge is 0.166 e. The molecule has 3 aromatic rings. The molecule has 1 heterocycles. The Balaban J connectivity index is 1.79. The van der Waals surface area contributed by atoms with Gasteiger partial charge in [0.05, 0.1) is 11.0 Å². The molecule has 0 atom stereocenters. The monoisotopic (exact) mass is 287 g/mol. The number of nitrogens with one attached hydrogen (secondary N) is 1. The van der Waals surface area contributed by atoms with Gasteiger partial charge in [-0.2, -0.15) is 0 Å². The van der Waals surface area contributed by atoms with Gasteiger partial charge in [0.1, 0.15) is 5.82 Å². The van der Waals surface area contributed by atoms with Gasteiger partial charge < -0.3 is 10.7 Å². The van der Waals surface area contributed by atoms with E-state index < -0.39 is 0 Å². The van der Waals surface area contributed by atoms with E-state index in [1.807, 2.05) is 19.1 Å². The van der Waals surface area contributed by atoms with E-state index in [4.69, 9.17) is 5.73 Å². The summed E-state index contributed by atoms with van der Waals surface area (Å²) in [5.41, 5.74) is 9.71. The van der Waals surface area contributed by atoms with Crippen molar-refractivity contribution in [2.24, 2.45) is 0 Å². The lowest BCUT2D eigenvalue weighted by Crippen LogP contribution is -1.91. The van der Waals surface area contributed by atoms with Gasteiger partial charge in [0, 0.05) is 11.4 Å². The van der Waals surface area contributed by atoms with Crippen LogP contribution < -0.4 is 5.73 Å².